The third kappa shape index (κ3) is 3.15. The van der Waals surface area contributed by atoms with E-state index >= 15 is 0 Å². The summed E-state index contributed by atoms with van der Waals surface area (Å²) in [4.78, 5) is 15.8. The molecule has 0 atom stereocenters. The molecule has 0 aliphatic heterocycles. The maximum atomic E-state index is 11.9. The second-order valence-electron chi connectivity index (χ2n) is 3.83. The number of methoxy groups -OCH3 is 1. The fourth-order valence-electron chi connectivity index (χ4n) is 1.61. The Morgan fingerprint density at radius 2 is 2.22 bits per heavy atom. The van der Waals surface area contributed by atoms with Crippen molar-refractivity contribution in [2.75, 3.05) is 12.4 Å². The van der Waals surface area contributed by atoms with E-state index in [1.165, 1.54) is 6.20 Å². The molecule has 18 heavy (non-hydrogen) atoms. The zero-order valence-corrected chi connectivity index (χ0v) is 10.1. The molecule has 0 aliphatic carbocycles. The number of amides is 1. The lowest BCUT2D eigenvalue weighted by molar-refractivity contribution is 0.102. The predicted molar refractivity (Wildman–Crippen MR) is 69.3 cm³/mol. The molecule has 1 amide bonds. The zero-order valence-electron chi connectivity index (χ0n) is 10.1. The van der Waals surface area contributed by atoms with Gasteiger partial charge in [-0.1, -0.05) is 12.1 Å². The number of pyridine rings is 1. The molecule has 0 unspecified atom stereocenters. The summed E-state index contributed by atoms with van der Waals surface area (Å²) in [7, 11) is 1.64. The molecule has 0 saturated carbocycles. The summed E-state index contributed by atoms with van der Waals surface area (Å²) < 4.78 is 5.05. The fourth-order valence-corrected chi connectivity index (χ4v) is 1.61. The molecule has 1 aromatic carbocycles. The molecule has 4 heteroatoms. The number of anilines is 1. The molecule has 92 valence electrons. The Morgan fingerprint density at radius 1 is 1.33 bits per heavy atom. The molecule has 2 aromatic rings. The summed E-state index contributed by atoms with van der Waals surface area (Å²) in [6, 6.07) is 11.0. The maximum Gasteiger partial charge on any atom is 0.257 e. The predicted octanol–water partition coefficient (Wildman–Crippen LogP) is 2.48. The van der Waals surface area contributed by atoms with Crippen LogP contribution < -0.4 is 5.32 Å². The van der Waals surface area contributed by atoms with Gasteiger partial charge >= 0.3 is 0 Å². The number of hydrogen-bond donors (Lipinski definition) is 1. The van der Waals surface area contributed by atoms with Gasteiger partial charge in [-0.3, -0.25) is 9.78 Å². The highest BCUT2D eigenvalue weighted by Crippen LogP contribution is 2.12. The SMILES string of the molecule is COCc1cccc(NC(=O)c2cccnc2)c1. The fraction of sp³-hybridized carbons (Fsp3) is 0.143. The Hall–Kier alpha value is -2.20. The Labute approximate surface area is 106 Å². The normalized spacial score (nSPS) is 10.1. The number of benzene rings is 1. The van der Waals surface area contributed by atoms with E-state index < -0.39 is 0 Å². The lowest BCUT2D eigenvalue weighted by Crippen LogP contribution is -2.12. The number of nitrogens with zero attached hydrogens (tertiary/aromatic N) is 1. The number of hydrogen-bond acceptors (Lipinski definition) is 3. The summed E-state index contributed by atoms with van der Waals surface area (Å²) in [5, 5.41) is 2.82. The Kier molecular flexibility index (Phi) is 4.04. The Morgan fingerprint density at radius 3 is 2.94 bits per heavy atom. The minimum Gasteiger partial charge on any atom is -0.380 e. The van der Waals surface area contributed by atoms with E-state index in [0.717, 1.165) is 11.3 Å². The zero-order chi connectivity index (χ0) is 12.8. The number of rotatable bonds is 4. The lowest BCUT2D eigenvalue weighted by Gasteiger charge is -2.06. The quantitative estimate of drug-likeness (QED) is 0.896. The van der Waals surface area contributed by atoms with Crippen molar-refractivity contribution in [2.45, 2.75) is 6.61 Å². The Bertz CT molecular complexity index is 526. The third-order valence-electron chi connectivity index (χ3n) is 2.42. The van der Waals surface area contributed by atoms with Crippen molar-refractivity contribution in [1.29, 1.82) is 0 Å². The van der Waals surface area contributed by atoms with E-state index in [4.69, 9.17) is 4.74 Å². The third-order valence-corrected chi connectivity index (χ3v) is 2.42. The number of carbonyl (C=O) groups excluding carboxylic acids is 1. The van der Waals surface area contributed by atoms with Gasteiger partial charge in [0, 0.05) is 25.2 Å². The van der Waals surface area contributed by atoms with E-state index in [1.54, 1.807) is 25.4 Å². The summed E-state index contributed by atoms with van der Waals surface area (Å²) in [5.41, 5.74) is 2.30. The van der Waals surface area contributed by atoms with Gasteiger partial charge in [0.25, 0.3) is 5.91 Å². The first-order valence-corrected chi connectivity index (χ1v) is 5.59. The van der Waals surface area contributed by atoms with E-state index in [1.807, 2.05) is 24.3 Å². The number of carbonyl (C=O) groups is 1. The second kappa shape index (κ2) is 5.93. The van der Waals surface area contributed by atoms with E-state index in [9.17, 15) is 4.79 Å². The standard InChI is InChI=1S/C14H14N2O2/c1-18-10-11-4-2-6-13(8-11)16-14(17)12-5-3-7-15-9-12/h2-9H,10H2,1H3,(H,16,17). The van der Waals surface area contributed by atoms with Gasteiger partial charge in [0.1, 0.15) is 0 Å². The van der Waals surface area contributed by atoms with Gasteiger partial charge in [-0.25, -0.2) is 0 Å². The summed E-state index contributed by atoms with van der Waals surface area (Å²) in [5.74, 6) is -0.169. The molecule has 0 bridgehead atoms. The van der Waals surface area contributed by atoms with Gasteiger partial charge < -0.3 is 10.1 Å². The molecule has 1 heterocycles. The molecular formula is C14H14N2O2. The molecule has 2 rings (SSSR count). The molecule has 0 radical (unpaired) electrons. The number of nitrogens with one attached hydrogen (secondary N) is 1. The van der Waals surface area contributed by atoms with Gasteiger partial charge in [-0.2, -0.15) is 0 Å². The minimum absolute atomic E-state index is 0.169. The number of aromatic nitrogens is 1. The molecule has 0 spiro atoms. The van der Waals surface area contributed by atoms with Crippen LogP contribution in [0.2, 0.25) is 0 Å². The van der Waals surface area contributed by atoms with Crippen LogP contribution in [0.25, 0.3) is 0 Å². The van der Waals surface area contributed by atoms with Crippen molar-refractivity contribution >= 4 is 11.6 Å². The molecule has 1 aromatic heterocycles. The number of ether oxygens (including phenoxy) is 1. The monoisotopic (exact) mass is 242 g/mol. The van der Waals surface area contributed by atoms with Gasteiger partial charge in [-0.05, 0) is 29.8 Å². The van der Waals surface area contributed by atoms with Gasteiger partial charge in [0.2, 0.25) is 0 Å². The van der Waals surface area contributed by atoms with E-state index in [-0.39, 0.29) is 5.91 Å². The van der Waals surface area contributed by atoms with Crippen molar-refractivity contribution in [2.24, 2.45) is 0 Å². The van der Waals surface area contributed by atoms with E-state index in [2.05, 4.69) is 10.3 Å². The highest BCUT2D eigenvalue weighted by Gasteiger charge is 2.05. The highest BCUT2D eigenvalue weighted by atomic mass is 16.5. The molecular weight excluding hydrogens is 228 g/mol. The van der Waals surface area contributed by atoms with Crippen molar-refractivity contribution in [3.8, 4) is 0 Å². The first-order chi connectivity index (χ1) is 8.79. The van der Waals surface area contributed by atoms with Crippen LogP contribution in [0.1, 0.15) is 15.9 Å². The van der Waals surface area contributed by atoms with Crippen molar-refractivity contribution in [3.63, 3.8) is 0 Å². The lowest BCUT2D eigenvalue weighted by atomic mass is 10.2. The van der Waals surface area contributed by atoms with Crippen LogP contribution in [0, 0.1) is 0 Å². The molecule has 1 N–H and O–H groups in total. The maximum absolute atomic E-state index is 11.9. The van der Waals surface area contributed by atoms with Crippen molar-refractivity contribution < 1.29 is 9.53 Å². The topological polar surface area (TPSA) is 51.2 Å². The average molecular weight is 242 g/mol. The first kappa shape index (κ1) is 12.3. The summed E-state index contributed by atoms with van der Waals surface area (Å²) >= 11 is 0. The molecule has 0 aliphatic rings. The van der Waals surface area contributed by atoms with Crippen LogP contribution in [-0.4, -0.2) is 18.0 Å². The van der Waals surface area contributed by atoms with Crippen LogP contribution in [-0.2, 0) is 11.3 Å². The van der Waals surface area contributed by atoms with Gasteiger partial charge in [0.15, 0.2) is 0 Å². The Balaban J connectivity index is 2.10. The minimum atomic E-state index is -0.169. The van der Waals surface area contributed by atoms with Crippen LogP contribution >= 0.6 is 0 Å². The smallest absolute Gasteiger partial charge is 0.257 e. The molecule has 0 saturated heterocycles. The van der Waals surface area contributed by atoms with Crippen LogP contribution in [0.15, 0.2) is 48.8 Å². The first-order valence-electron chi connectivity index (χ1n) is 5.59. The van der Waals surface area contributed by atoms with Crippen LogP contribution in [0.5, 0.6) is 0 Å². The van der Waals surface area contributed by atoms with Crippen molar-refractivity contribution in [3.05, 3.63) is 59.9 Å². The largest absolute Gasteiger partial charge is 0.380 e. The second-order valence-corrected chi connectivity index (χ2v) is 3.83. The van der Waals surface area contributed by atoms with Crippen LogP contribution in [0.3, 0.4) is 0 Å². The molecule has 4 nitrogen and oxygen atoms in total. The average Bonchev–Trinajstić information content (AvgIpc) is 2.40. The van der Waals surface area contributed by atoms with Gasteiger partial charge in [0.05, 0.1) is 12.2 Å². The van der Waals surface area contributed by atoms with Crippen molar-refractivity contribution in [1.82, 2.24) is 4.98 Å². The summed E-state index contributed by atoms with van der Waals surface area (Å²) in [6.07, 6.45) is 3.17. The van der Waals surface area contributed by atoms with Gasteiger partial charge in [-0.15, -0.1) is 0 Å². The van der Waals surface area contributed by atoms with E-state index in [0.29, 0.717) is 12.2 Å². The molecule has 0 fully saturated rings. The highest BCUT2D eigenvalue weighted by molar-refractivity contribution is 6.04. The summed E-state index contributed by atoms with van der Waals surface area (Å²) in [6.45, 7) is 0.524. The van der Waals surface area contributed by atoms with Crippen LogP contribution in [0.4, 0.5) is 5.69 Å².